The summed E-state index contributed by atoms with van der Waals surface area (Å²) in [4.78, 5) is 26.7. The summed E-state index contributed by atoms with van der Waals surface area (Å²) in [7, 11) is 1.41. The fourth-order valence-electron chi connectivity index (χ4n) is 4.66. The van der Waals surface area contributed by atoms with E-state index in [1.165, 1.54) is 32.8 Å². The Morgan fingerprint density at radius 1 is 1.00 bits per heavy atom. The highest BCUT2D eigenvalue weighted by atomic mass is 16.5. The van der Waals surface area contributed by atoms with Gasteiger partial charge in [-0.1, -0.05) is 32.1 Å². The zero-order valence-electron chi connectivity index (χ0n) is 14.2. The van der Waals surface area contributed by atoms with Crippen molar-refractivity contribution < 1.29 is 19.1 Å². The molecule has 23 heavy (non-hydrogen) atoms. The Morgan fingerprint density at radius 2 is 1.70 bits per heavy atom. The predicted molar refractivity (Wildman–Crippen MR) is 85.8 cm³/mol. The van der Waals surface area contributed by atoms with Crippen LogP contribution in [0, 0.1) is 5.92 Å². The predicted octanol–water partition coefficient (Wildman–Crippen LogP) is 2.67. The lowest BCUT2D eigenvalue weighted by Crippen LogP contribution is -2.48. The molecule has 3 aliphatic rings. The largest absolute Gasteiger partial charge is 0.467 e. The van der Waals surface area contributed by atoms with Crippen LogP contribution < -0.4 is 0 Å². The van der Waals surface area contributed by atoms with Gasteiger partial charge in [-0.3, -0.25) is 4.79 Å². The van der Waals surface area contributed by atoms with Crippen LogP contribution in [0.15, 0.2) is 0 Å². The molecule has 3 unspecified atom stereocenters. The zero-order valence-corrected chi connectivity index (χ0v) is 14.2. The molecule has 0 spiro atoms. The first-order chi connectivity index (χ1) is 11.2. The minimum absolute atomic E-state index is 0.0274. The minimum atomic E-state index is -0.407. The summed E-state index contributed by atoms with van der Waals surface area (Å²) in [6.07, 6.45) is 11.2. The van der Waals surface area contributed by atoms with Crippen molar-refractivity contribution in [2.45, 2.75) is 82.4 Å². The van der Waals surface area contributed by atoms with Gasteiger partial charge in [0.25, 0.3) is 0 Å². The Labute approximate surface area is 138 Å². The van der Waals surface area contributed by atoms with Gasteiger partial charge >= 0.3 is 5.97 Å². The van der Waals surface area contributed by atoms with Crippen LogP contribution in [0.4, 0.5) is 0 Å². The number of methoxy groups -OCH3 is 1. The van der Waals surface area contributed by atoms with E-state index in [9.17, 15) is 9.59 Å². The van der Waals surface area contributed by atoms with E-state index >= 15 is 0 Å². The summed E-state index contributed by atoms with van der Waals surface area (Å²) in [5.74, 6) is 0.150. The molecule has 0 aromatic carbocycles. The number of hydrogen-bond donors (Lipinski definition) is 0. The normalized spacial score (nSPS) is 31.7. The number of hydrogen-bond acceptors (Lipinski definition) is 4. The smallest absolute Gasteiger partial charge is 0.328 e. The van der Waals surface area contributed by atoms with Crippen molar-refractivity contribution in [3.63, 3.8) is 0 Å². The molecule has 5 nitrogen and oxygen atoms in total. The number of amides is 1. The standard InChI is InChI=1S/C18H29NO4/c1-22-18(21)16-11-13-7-5-6-10-15(13)19(16)17(20)12-23-14-8-3-2-4-9-14/h13-16H,2-12H2,1H3. The van der Waals surface area contributed by atoms with Crippen LogP contribution >= 0.6 is 0 Å². The minimum Gasteiger partial charge on any atom is -0.467 e. The van der Waals surface area contributed by atoms with Crippen LogP contribution in [0.2, 0.25) is 0 Å². The van der Waals surface area contributed by atoms with E-state index in [1.807, 2.05) is 0 Å². The Balaban J connectivity index is 1.63. The molecular formula is C18H29NO4. The number of ether oxygens (including phenoxy) is 2. The van der Waals surface area contributed by atoms with E-state index in [0.29, 0.717) is 5.92 Å². The van der Waals surface area contributed by atoms with Gasteiger partial charge < -0.3 is 14.4 Å². The fourth-order valence-corrected chi connectivity index (χ4v) is 4.66. The maximum absolute atomic E-state index is 12.8. The van der Waals surface area contributed by atoms with Gasteiger partial charge in [0.1, 0.15) is 12.6 Å². The van der Waals surface area contributed by atoms with Gasteiger partial charge in [-0.25, -0.2) is 4.79 Å². The third kappa shape index (κ3) is 3.70. The maximum Gasteiger partial charge on any atom is 0.328 e. The molecule has 3 rings (SSSR count). The monoisotopic (exact) mass is 323 g/mol. The SMILES string of the molecule is COC(=O)C1CC2CCCCC2N1C(=O)COC1CCCCC1. The lowest BCUT2D eigenvalue weighted by molar-refractivity contribution is -0.155. The van der Waals surface area contributed by atoms with Crippen molar-refractivity contribution in [1.82, 2.24) is 4.90 Å². The first-order valence-electron chi connectivity index (χ1n) is 9.21. The van der Waals surface area contributed by atoms with Gasteiger partial charge in [0.05, 0.1) is 13.2 Å². The van der Waals surface area contributed by atoms with Crippen molar-refractivity contribution in [3.8, 4) is 0 Å². The molecule has 3 atom stereocenters. The van der Waals surface area contributed by atoms with Gasteiger partial charge in [0, 0.05) is 6.04 Å². The molecule has 5 heteroatoms. The second kappa shape index (κ2) is 7.65. The fraction of sp³-hybridized carbons (Fsp3) is 0.889. The molecule has 0 bridgehead atoms. The van der Waals surface area contributed by atoms with Crippen molar-refractivity contribution in [1.29, 1.82) is 0 Å². The summed E-state index contributed by atoms with van der Waals surface area (Å²) in [5.41, 5.74) is 0. The van der Waals surface area contributed by atoms with Crippen LogP contribution in [-0.2, 0) is 19.1 Å². The van der Waals surface area contributed by atoms with Crippen molar-refractivity contribution >= 4 is 11.9 Å². The number of rotatable bonds is 4. The Morgan fingerprint density at radius 3 is 2.43 bits per heavy atom. The Kier molecular flexibility index (Phi) is 5.57. The summed E-state index contributed by atoms with van der Waals surface area (Å²) < 4.78 is 10.8. The second-order valence-electron chi connectivity index (χ2n) is 7.26. The van der Waals surface area contributed by atoms with Crippen LogP contribution in [0.3, 0.4) is 0 Å². The maximum atomic E-state index is 12.8. The quantitative estimate of drug-likeness (QED) is 0.746. The highest BCUT2D eigenvalue weighted by molar-refractivity contribution is 5.86. The summed E-state index contributed by atoms with van der Waals surface area (Å²) in [6, 6.07) is -0.203. The number of fused-ring (bicyclic) bond motifs is 1. The number of carbonyl (C=O) groups is 2. The molecule has 3 fully saturated rings. The highest BCUT2D eigenvalue weighted by Crippen LogP contribution is 2.40. The van der Waals surface area contributed by atoms with Crippen LogP contribution in [0.1, 0.15) is 64.2 Å². The van der Waals surface area contributed by atoms with Gasteiger partial charge in [-0.15, -0.1) is 0 Å². The number of nitrogens with zero attached hydrogens (tertiary/aromatic N) is 1. The van der Waals surface area contributed by atoms with Crippen molar-refractivity contribution in [2.24, 2.45) is 5.92 Å². The molecule has 0 aromatic rings. The van der Waals surface area contributed by atoms with Crippen molar-refractivity contribution in [2.75, 3.05) is 13.7 Å². The lowest BCUT2D eigenvalue weighted by Gasteiger charge is -2.33. The number of likely N-dealkylation sites (tertiary alicyclic amines) is 1. The van der Waals surface area contributed by atoms with Gasteiger partial charge in [-0.2, -0.15) is 0 Å². The van der Waals surface area contributed by atoms with E-state index in [4.69, 9.17) is 9.47 Å². The highest BCUT2D eigenvalue weighted by Gasteiger charge is 2.47. The first kappa shape index (κ1) is 16.7. The van der Waals surface area contributed by atoms with Gasteiger partial charge in [0.2, 0.25) is 5.91 Å². The third-order valence-electron chi connectivity index (χ3n) is 5.84. The zero-order chi connectivity index (χ0) is 16.2. The summed E-state index contributed by atoms with van der Waals surface area (Å²) in [6.45, 7) is 0.112. The van der Waals surface area contributed by atoms with Crippen molar-refractivity contribution in [3.05, 3.63) is 0 Å². The molecule has 2 saturated carbocycles. The lowest BCUT2D eigenvalue weighted by atomic mass is 9.85. The molecule has 1 amide bonds. The number of esters is 1. The molecule has 0 N–H and O–H groups in total. The van der Waals surface area contributed by atoms with E-state index in [-0.39, 0.29) is 30.6 Å². The summed E-state index contributed by atoms with van der Waals surface area (Å²) >= 11 is 0. The molecule has 0 radical (unpaired) electrons. The summed E-state index contributed by atoms with van der Waals surface area (Å²) in [5, 5.41) is 0. The average Bonchev–Trinajstić information content (AvgIpc) is 2.99. The van der Waals surface area contributed by atoms with Crippen LogP contribution in [0.5, 0.6) is 0 Å². The van der Waals surface area contributed by atoms with Crippen LogP contribution in [-0.4, -0.2) is 48.7 Å². The molecule has 1 aliphatic heterocycles. The topological polar surface area (TPSA) is 55.8 Å². The second-order valence-corrected chi connectivity index (χ2v) is 7.26. The number of carbonyl (C=O) groups excluding carboxylic acids is 2. The molecule has 2 aliphatic carbocycles. The molecule has 0 aromatic heterocycles. The third-order valence-corrected chi connectivity index (χ3v) is 5.84. The van der Waals surface area contributed by atoms with Crippen LogP contribution in [0.25, 0.3) is 0 Å². The molecular weight excluding hydrogens is 294 g/mol. The van der Waals surface area contributed by atoms with E-state index in [2.05, 4.69) is 0 Å². The molecule has 130 valence electrons. The van der Waals surface area contributed by atoms with Gasteiger partial charge in [0.15, 0.2) is 0 Å². The van der Waals surface area contributed by atoms with E-state index in [1.54, 1.807) is 4.90 Å². The average molecular weight is 323 g/mol. The van der Waals surface area contributed by atoms with E-state index in [0.717, 1.165) is 38.5 Å². The Hall–Kier alpha value is -1.10. The first-order valence-corrected chi connectivity index (χ1v) is 9.21. The van der Waals surface area contributed by atoms with Gasteiger partial charge in [-0.05, 0) is 38.0 Å². The van der Waals surface area contributed by atoms with E-state index < -0.39 is 6.04 Å². The molecule has 1 saturated heterocycles. The molecule has 1 heterocycles. The Bertz CT molecular complexity index is 433.